The van der Waals surface area contributed by atoms with Crippen LogP contribution in [-0.4, -0.2) is 53.0 Å². The molecule has 3 rings (SSSR count). The molecule has 0 aliphatic carbocycles. The lowest BCUT2D eigenvalue weighted by Crippen LogP contribution is -2.24. The van der Waals surface area contributed by atoms with Gasteiger partial charge in [-0.15, -0.1) is 0 Å². The van der Waals surface area contributed by atoms with Crippen LogP contribution in [0, 0.1) is 35.9 Å². The lowest BCUT2D eigenvalue weighted by Gasteiger charge is -2.21. The van der Waals surface area contributed by atoms with Gasteiger partial charge in [-0.2, -0.15) is 0 Å². The molecule has 0 aliphatic heterocycles. The molecule has 3 aromatic rings. The summed E-state index contributed by atoms with van der Waals surface area (Å²) in [6, 6.07) is 10.6. The van der Waals surface area contributed by atoms with Gasteiger partial charge in [0.1, 0.15) is 23.1 Å². The van der Waals surface area contributed by atoms with Crippen molar-refractivity contribution in [2.24, 2.45) is 16.2 Å². The first-order valence-corrected chi connectivity index (χ1v) is 19.7. The highest BCUT2D eigenvalue weighted by atomic mass is 79.9. The van der Waals surface area contributed by atoms with Gasteiger partial charge in [-0.3, -0.25) is 14.4 Å². The summed E-state index contributed by atoms with van der Waals surface area (Å²) >= 11 is 10.6. The molecule has 55 heavy (non-hydrogen) atoms. The number of rotatable bonds is 22. The Bertz CT molecular complexity index is 1850. The molecule has 0 heterocycles. The van der Waals surface area contributed by atoms with Gasteiger partial charge in [0.15, 0.2) is 0 Å². The summed E-state index contributed by atoms with van der Waals surface area (Å²) in [5.41, 5.74) is 1.48. The van der Waals surface area contributed by atoms with Crippen molar-refractivity contribution in [1.82, 2.24) is 0 Å². The lowest BCUT2D eigenvalue weighted by atomic mass is 9.88. The van der Waals surface area contributed by atoms with Crippen LogP contribution in [0.5, 0.6) is 17.2 Å². The highest BCUT2D eigenvalue weighted by molar-refractivity contribution is 9.10. The summed E-state index contributed by atoms with van der Waals surface area (Å²) in [6.45, 7) is 14.5. The molecule has 0 aromatic heterocycles. The Morgan fingerprint density at radius 1 is 0.618 bits per heavy atom. The monoisotopic (exact) mass is 848 g/mol. The first kappa shape index (κ1) is 45.6. The first-order chi connectivity index (χ1) is 25.6. The first-order valence-electron chi connectivity index (χ1n) is 18.6. The number of hydrogen-bond acceptors (Lipinski definition) is 6. The minimum atomic E-state index is -0.918. The van der Waals surface area contributed by atoms with Gasteiger partial charge in [0.05, 0.1) is 36.1 Å². The SMILES string of the molecule is Cc1cc(OCCCC(C)(C)C(=O)O)c(CCc2cc(OCCCC(C)(C)C(=O)O)c(-c3cc(OCCCC(C)(C)C(=O)O)c(C)cc3Cl)cc2Br)cc1F. The van der Waals surface area contributed by atoms with Crippen molar-refractivity contribution in [3.63, 3.8) is 0 Å². The minimum absolute atomic E-state index is 0.247. The van der Waals surface area contributed by atoms with Gasteiger partial charge in [0.2, 0.25) is 0 Å². The summed E-state index contributed by atoms with van der Waals surface area (Å²) in [5.74, 6) is -1.30. The van der Waals surface area contributed by atoms with Crippen molar-refractivity contribution in [2.75, 3.05) is 19.8 Å². The number of benzene rings is 3. The van der Waals surface area contributed by atoms with Crippen LogP contribution in [0.1, 0.15) is 102 Å². The van der Waals surface area contributed by atoms with Gasteiger partial charge in [-0.1, -0.05) is 27.5 Å². The molecule has 0 bridgehead atoms. The van der Waals surface area contributed by atoms with E-state index in [4.69, 9.17) is 25.8 Å². The quantitative estimate of drug-likeness (QED) is 0.0843. The Kier molecular flexibility index (Phi) is 16.0. The number of halogens is 3. The van der Waals surface area contributed by atoms with Gasteiger partial charge < -0.3 is 29.5 Å². The fraction of sp³-hybridized carbons (Fsp3) is 0.512. The third-order valence-electron chi connectivity index (χ3n) is 10.1. The number of aliphatic carboxylic acids is 3. The minimum Gasteiger partial charge on any atom is -0.493 e. The molecule has 0 saturated carbocycles. The Hall–Kier alpha value is -3.83. The molecular weight excluding hydrogens is 795 g/mol. The van der Waals surface area contributed by atoms with Crippen LogP contribution < -0.4 is 14.2 Å². The highest BCUT2D eigenvalue weighted by Gasteiger charge is 2.28. The van der Waals surface area contributed by atoms with E-state index in [1.54, 1.807) is 54.5 Å². The molecule has 302 valence electrons. The van der Waals surface area contributed by atoms with Crippen molar-refractivity contribution in [1.29, 1.82) is 0 Å². The van der Waals surface area contributed by atoms with Gasteiger partial charge in [0, 0.05) is 20.6 Å². The molecule has 3 N–H and O–H groups in total. The number of carbonyl (C=O) groups is 3. The molecule has 0 aliphatic rings. The van der Waals surface area contributed by atoms with E-state index in [0.29, 0.717) is 102 Å². The van der Waals surface area contributed by atoms with E-state index < -0.39 is 34.2 Å². The predicted molar refractivity (Wildman–Crippen MR) is 216 cm³/mol. The van der Waals surface area contributed by atoms with Crippen LogP contribution in [0.3, 0.4) is 0 Å². The van der Waals surface area contributed by atoms with E-state index in [9.17, 15) is 34.1 Å². The van der Waals surface area contributed by atoms with Gasteiger partial charge >= 0.3 is 17.9 Å². The van der Waals surface area contributed by atoms with Gasteiger partial charge in [0.25, 0.3) is 0 Å². The Morgan fingerprint density at radius 3 is 1.56 bits per heavy atom. The molecule has 0 amide bonds. The maximum absolute atomic E-state index is 14.9. The maximum Gasteiger partial charge on any atom is 0.309 e. The van der Waals surface area contributed by atoms with Crippen molar-refractivity contribution in [3.8, 4) is 28.4 Å². The topological polar surface area (TPSA) is 140 Å². The summed E-state index contributed by atoms with van der Waals surface area (Å²) in [4.78, 5) is 34.8. The van der Waals surface area contributed by atoms with E-state index in [1.807, 2.05) is 31.2 Å². The molecule has 0 atom stereocenters. The van der Waals surface area contributed by atoms with Gasteiger partial charge in [-0.05, 0) is 165 Å². The molecule has 12 heteroatoms. The summed E-state index contributed by atoms with van der Waals surface area (Å²) in [6.07, 6.45) is 3.73. The number of ether oxygens (including phenoxy) is 3. The second kappa shape index (κ2) is 19.4. The maximum atomic E-state index is 14.9. The third-order valence-corrected chi connectivity index (χ3v) is 11.1. The van der Waals surface area contributed by atoms with E-state index in [0.717, 1.165) is 15.6 Å². The molecule has 0 spiro atoms. The van der Waals surface area contributed by atoms with Crippen molar-refractivity contribution in [3.05, 3.63) is 74.0 Å². The average Bonchev–Trinajstić information content (AvgIpc) is 3.09. The van der Waals surface area contributed by atoms with Crippen LogP contribution >= 0.6 is 27.5 Å². The van der Waals surface area contributed by atoms with Crippen LogP contribution in [-0.2, 0) is 27.2 Å². The number of hydrogen-bond donors (Lipinski definition) is 3. The Balaban J connectivity index is 1.92. The lowest BCUT2D eigenvalue weighted by molar-refractivity contribution is -0.148. The van der Waals surface area contributed by atoms with Crippen LogP contribution in [0.4, 0.5) is 4.39 Å². The fourth-order valence-electron chi connectivity index (χ4n) is 5.84. The van der Waals surface area contributed by atoms with Gasteiger partial charge in [-0.25, -0.2) is 4.39 Å². The van der Waals surface area contributed by atoms with E-state index >= 15 is 0 Å². The second-order valence-electron chi connectivity index (χ2n) is 16.2. The van der Waals surface area contributed by atoms with Crippen LogP contribution in [0.2, 0.25) is 5.02 Å². The smallest absolute Gasteiger partial charge is 0.309 e. The van der Waals surface area contributed by atoms with Crippen molar-refractivity contribution >= 4 is 45.4 Å². The normalized spacial score (nSPS) is 12.1. The second-order valence-corrected chi connectivity index (χ2v) is 17.4. The molecule has 0 fully saturated rings. The van der Waals surface area contributed by atoms with Crippen molar-refractivity contribution < 1.29 is 48.3 Å². The third kappa shape index (κ3) is 12.9. The number of carboxylic acids is 3. The zero-order valence-electron chi connectivity index (χ0n) is 33.2. The van der Waals surface area contributed by atoms with E-state index in [1.165, 1.54) is 6.07 Å². The highest BCUT2D eigenvalue weighted by Crippen LogP contribution is 2.42. The number of carboxylic acid groups (broad SMARTS) is 3. The summed E-state index contributed by atoms with van der Waals surface area (Å²) in [7, 11) is 0. The molecular formula is C43H55BrClFO9. The molecule has 0 radical (unpaired) electrons. The predicted octanol–water partition coefficient (Wildman–Crippen LogP) is 11.1. The molecule has 3 aromatic carbocycles. The Labute approximate surface area is 337 Å². The van der Waals surface area contributed by atoms with Crippen LogP contribution in [0.15, 0.2) is 40.9 Å². The molecule has 0 saturated heterocycles. The van der Waals surface area contributed by atoms with Crippen LogP contribution in [0.25, 0.3) is 11.1 Å². The molecule has 9 nitrogen and oxygen atoms in total. The zero-order chi connectivity index (χ0) is 41.3. The van der Waals surface area contributed by atoms with Crippen molar-refractivity contribution in [2.45, 2.75) is 107 Å². The standard InChI is InChI=1S/C43H55BrClFO9/c1-26-21-36(54-18-10-15-42(5,6)39(49)50)29(22-34(26)46)13-12-28-23-37(55-19-11-16-43(7,8)40(51)52)31(24-32(28)44)30-25-35(27(2)20-33(30)45)53-17-9-14-41(3,4)38(47)48/h20-25H,9-19H2,1-8H3,(H,47,48)(H,49,50)(H,51,52). The average molecular weight is 850 g/mol. The van der Waals surface area contributed by atoms with E-state index in [-0.39, 0.29) is 19.0 Å². The summed E-state index contributed by atoms with van der Waals surface area (Å²) < 4.78 is 34.2. The fourth-order valence-corrected chi connectivity index (χ4v) is 6.70. The largest absolute Gasteiger partial charge is 0.493 e. The number of aryl methyl sites for hydroxylation is 4. The Morgan fingerprint density at radius 2 is 1.07 bits per heavy atom. The molecule has 0 unspecified atom stereocenters. The van der Waals surface area contributed by atoms with E-state index in [2.05, 4.69) is 15.9 Å². The zero-order valence-corrected chi connectivity index (χ0v) is 35.5. The summed E-state index contributed by atoms with van der Waals surface area (Å²) in [5, 5.41) is 29.0.